The van der Waals surface area contributed by atoms with Crippen molar-refractivity contribution >= 4 is 17.6 Å². The first-order valence-corrected chi connectivity index (χ1v) is 8.88. The van der Waals surface area contributed by atoms with E-state index < -0.39 is 36.5 Å². The number of alkyl halides is 5. The molecule has 2 aromatic rings. The summed E-state index contributed by atoms with van der Waals surface area (Å²) >= 11 is 0. The van der Waals surface area contributed by atoms with Crippen LogP contribution >= 0.6 is 0 Å². The van der Waals surface area contributed by atoms with Crippen molar-refractivity contribution in [2.45, 2.75) is 38.9 Å². The molecule has 0 saturated heterocycles. The number of carbonyl (C=O) groups excluding carboxylic acids is 2. The molecule has 2 heterocycles. The van der Waals surface area contributed by atoms with Crippen LogP contribution in [0.4, 0.5) is 27.8 Å². The van der Waals surface area contributed by atoms with Gasteiger partial charge < -0.3 is 15.4 Å². The van der Waals surface area contributed by atoms with Crippen LogP contribution in [-0.4, -0.2) is 45.3 Å². The van der Waals surface area contributed by atoms with Gasteiger partial charge in [0.2, 0.25) is 11.8 Å². The fourth-order valence-electron chi connectivity index (χ4n) is 2.49. The lowest BCUT2D eigenvalue weighted by Gasteiger charge is -2.19. The Bertz CT molecular complexity index is 974. The maximum absolute atomic E-state index is 13.0. The van der Waals surface area contributed by atoms with E-state index in [1.807, 2.05) is 0 Å². The van der Waals surface area contributed by atoms with Gasteiger partial charge >= 0.3 is 12.1 Å². The van der Waals surface area contributed by atoms with Crippen molar-refractivity contribution in [2.24, 2.45) is 7.05 Å². The third-order valence-electron chi connectivity index (χ3n) is 4.01. The Hall–Kier alpha value is -3.25. The van der Waals surface area contributed by atoms with Crippen LogP contribution in [0.25, 0.3) is 0 Å². The van der Waals surface area contributed by atoms with E-state index in [9.17, 15) is 31.5 Å². The highest BCUT2D eigenvalue weighted by Crippen LogP contribution is 2.35. The highest BCUT2D eigenvalue weighted by molar-refractivity contribution is 5.93. The van der Waals surface area contributed by atoms with Crippen LogP contribution in [0.2, 0.25) is 0 Å². The molecule has 1 unspecified atom stereocenters. The van der Waals surface area contributed by atoms with Crippen molar-refractivity contribution in [3.05, 3.63) is 35.2 Å². The Labute approximate surface area is 173 Å². The van der Waals surface area contributed by atoms with Gasteiger partial charge in [0, 0.05) is 25.7 Å². The molecule has 170 valence electrons. The fraction of sp³-hybridized carbons (Fsp3) is 0.444. The molecule has 31 heavy (non-hydrogen) atoms. The van der Waals surface area contributed by atoms with Crippen molar-refractivity contribution in [1.82, 2.24) is 20.1 Å². The van der Waals surface area contributed by atoms with E-state index in [0.717, 1.165) is 10.7 Å². The number of halogens is 5. The second-order valence-electron chi connectivity index (χ2n) is 6.79. The van der Waals surface area contributed by atoms with Gasteiger partial charge in [0.05, 0.1) is 6.04 Å². The first-order chi connectivity index (χ1) is 14.2. The van der Waals surface area contributed by atoms with Crippen LogP contribution in [0.1, 0.15) is 41.6 Å². The quantitative estimate of drug-likeness (QED) is 0.633. The number of hydrogen-bond donors (Lipinski definition) is 2. The number of hydrogen-bond acceptors (Lipinski definition) is 5. The lowest BCUT2D eigenvalue weighted by atomic mass is 10.1. The number of anilines is 1. The Morgan fingerprint density at radius 2 is 1.84 bits per heavy atom. The van der Waals surface area contributed by atoms with Crippen molar-refractivity contribution in [3.8, 4) is 5.88 Å². The zero-order chi connectivity index (χ0) is 23.6. The van der Waals surface area contributed by atoms with Crippen LogP contribution in [0.5, 0.6) is 5.88 Å². The minimum absolute atomic E-state index is 0.243. The molecule has 0 aliphatic rings. The van der Waals surface area contributed by atoms with E-state index >= 15 is 0 Å². The molecule has 2 N–H and O–H groups in total. The van der Waals surface area contributed by atoms with Crippen molar-refractivity contribution < 1.29 is 36.3 Å². The van der Waals surface area contributed by atoms with Crippen LogP contribution in [-0.2, 0) is 11.8 Å². The minimum atomic E-state index is -5.76. The average molecular weight is 449 g/mol. The van der Waals surface area contributed by atoms with Crippen LogP contribution in [0, 0.1) is 6.92 Å². The Balaban J connectivity index is 2.10. The Morgan fingerprint density at radius 1 is 1.19 bits per heavy atom. The molecule has 2 amide bonds. The van der Waals surface area contributed by atoms with Gasteiger partial charge in [-0.2, -0.15) is 27.1 Å². The molecule has 2 rings (SSSR count). The first-order valence-electron chi connectivity index (χ1n) is 8.88. The monoisotopic (exact) mass is 449 g/mol. The SMILES string of the molecule is CC(=O)Nc1cc(C(C)NC(=O)c2cc(OCC(F)(F)C(F)(F)F)n(C)n2)cc(C)n1. The second kappa shape index (κ2) is 8.86. The number of rotatable bonds is 7. The van der Waals surface area contributed by atoms with Crippen LogP contribution in [0.3, 0.4) is 0 Å². The summed E-state index contributed by atoms with van der Waals surface area (Å²) in [6, 6.07) is 3.63. The summed E-state index contributed by atoms with van der Waals surface area (Å²) in [4.78, 5) is 27.8. The normalized spacial score (nSPS) is 12.9. The van der Waals surface area contributed by atoms with E-state index in [-0.39, 0.29) is 11.6 Å². The van der Waals surface area contributed by atoms with E-state index in [1.54, 1.807) is 26.0 Å². The van der Waals surface area contributed by atoms with Gasteiger partial charge in [-0.05, 0) is 31.5 Å². The van der Waals surface area contributed by atoms with Crippen LogP contribution in [0.15, 0.2) is 18.2 Å². The zero-order valence-electron chi connectivity index (χ0n) is 17.0. The molecule has 13 heteroatoms. The number of ether oxygens (including phenoxy) is 1. The molecule has 0 radical (unpaired) electrons. The van der Waals surface area contributed by atoms with Crippen molar-refractivity contribution in [3.63, 3.8) is 0 Å². The van der Waals surface area contributed by atoms with Crippen molar-refractivity contribution in [2.75, 3.05) is 11.9 Å². The highest BCUT2D eigenvalue weighted by Gasteiger charge is 2.58. The van der Waals surface area contributed by atoms with Gasteiger partial charge in [-0.15, -0.1) is 0 Å². The molecule has 8 nitrogen and oxygen atoms in total. The lowest BCUT2D eigenvalue weighted by Crippen LogP contribution is -2.42. The van der Waals surface area contributed by atoms with Gasteiger partial charge in [0.25, 0.3) is 5.91 Å². The molecular weight excluding hydrogens is 429 g/mol. The summed E-state index contributed by atoms with van der Waals surface area (Å²) in [6.45, 7) is 2.72. The summed E-state index contributed by atoms with van der Waals surface area (Å²) in [5.74, 6) is -6.23. The van der Waals surface area contributed by atoms with Crippen molar-refractivity contribution in [1.29, 1.82) is 0 Å². The molecule has 0 spiro atoms. The number of amides is 2. The predicted octanol–water partition coefficient (Wildman–Crippen LogP) is 3.15. The largest absolute Gasteiger partial charge is 0.471 e. The number of nitrogens with one attached hydrogen (secondary N) is 2. The zero-order valence-corrected chi connectivity index (χ0v) is 17.0. The number of carbonyl (C=O) groups is 2. The standard InChI is InChI=1S/C18H20F5N5O3/c1-9-5-12(6-14(24-9)26-11(3)29)10(2)25-16(30)13-7-15(28(4)27-13)31-8-17(19,20)18(21,22)23/h5-7,10H,8H2,1-4H3,(H,25,30)(H,24,26,29). The molecular formula is C18H20F5N5O3. The summed E-state index contributed by atoms with van der Waals surface area (Å²) < 4.78 is 68.2. The van der Waals surface area contributed by atoms with E-state index in [1.165, 1.54) is 14.0 Å². The summed E-state index contributed by atoms with van der Waals surface area (Å²) in [5, 5.41) is 8.93. The lowest BCUT2D eigenvalue weighted by molar-refractivity contribution is -0.290. The Kier molecular flexibility index (Phi) is 6.86. The number of pyridine rings is 1. The van der Waals surface area contributed by atoms with Gasteiger partial charge in [-0.1, -0.05) is 0 Å². The fourth-order valence-corrected chi connectivity index (χ4v) is 2.49. The van der Waals surface area contributed by atoms with Gasteiger partial charge in [0.1, 0.15) is 5.82 Å². The number of aryl methyl sites for hydroxylation is 2. The molecule has 1 atom stereocenters. The second-order valence-corrected chi connectivity index (χ2v) is 6.79. The van der Waals surface area contributed by atoms with E-state index in [0.29, 0.717) is 17.1 Å². The highest BCUT2D eigenvalue weighted by atomic mass is 19.4. The minimum Gasteiger partial charge on any atom is -0.471 e. The summed E-state index contributed by atoms with van der Waals surface area (Å²) in [6.07, 6.45) is -5.76. The first kappa shape index (κ1) is 24.0. The van der Waals surface area contributed by atoms with Gasteiger partial charge in [0.15, 0.2) is 12.3 Å². The number of aromatic nitrogens is 3. The molecule has 0 bridgehead atoms. The topological polar surface area (TPSA) is 98.1 Å². The molecule has 0 aliphatic carbocycles. The molecule has 0 fully saturated rings. The van der Waals surface area contributed by atoms with Gasteiger partial charge in [-0.25, -0.2) is 9.67 Å². The number of nitrogens with zero attached hydrogens (tertiary/aromatic N) is 3. The average Bonchev–Trinajstić information content (AvgIpc) is 2.99. The smallest absolute Gasteiger partial charge is 0.456 e. The molecule has 2 aromatic heterocycles. The molecule has 0 aliphatic heterocycles. The van der Waals surface area contributed by atoms with E-state index in [4.69, 9.17) is 0 Å². The third-order valence-corrected chi connectivity index (χ3v) is 4.01. The maximum Gasteiger partial charge on any atom is 0.456 e. The third kappa shape index (κ3) is 6.12. The molecule has 0 aromatic carbocycles. The van der Waals surface area contributed by atoms with E-state index in [2.05, 4.69) is 25.5 Å². The van der Waals surface area contributed by atoms with Crippen LogP contribution < -0.4 is 15.4 Å². The maximum atomic E-state index is 13.0. The summed E-state index contributed by atoms with van der Waals surface area (Å²) in [7, 11) is 1.23. The molecule has 0 saturated carbocycles. The summed E-state index contributed by atoms with van der Waals surface area (Å²) in [5.41, 5.74) is 0.954. The Morgan fingerprint density at radius 3 is 2.42 bits per heavy atom. The van der Waals surface area contributed by atoms with Gasteiger partial charge in [-0.3, -0.25) is 9.59 Å². The predicted molar refractivity (Wildman–Crippen MR) is 98.9 cm³/mol.